The predicted molar refractivity (Wildman–Crippen MR) is 46.1 cm³/mol. The first-order valence-electron chi connectivity index (χ1n) is 4.72. The summed E-state index contributed by atoms with van der Waals surface area (Å²) >= 11 is 0. The van der Waals surface area contributed by atoms with E-state index in [9.17, 15) is 13.2 Å². The molecule has 1 aromatic heterocycles. The molecular weight excluding hydrogens is 209 g/mol. The van der Waals surface area contributed by atoms with Crippen LogP contribution in [-0.4, -0.2) is 23.6 Å². The zero-order chi connectivity index (χ0) is 11.1. The van der Waals surface area contributed by atoms with Gasteiger partial charge in [-0.1, -0.05) is 5.16 Å². The van der Waals surface area contributed by atoms with Crippen LogP contribution in [0.1, 0.15) is 30.3 Å². The summed E-state index contributed by atoms with van der Waals surface area (Å²) in [6.45, 7) is 0.882. The summed E-state index contributed by atoms with van der Waals surface area (Å²) in [5.41, 5.74) is -0.946. The molecule has 15 heavy (non-hydrogen) atoms. The second kappa shape index (κ2) is 3.52. The summed E-state index contributed by atoms with van der Waals surface area (Å²) in [4.78, 5) is 1.97. The monoisotopic (exact) mass is 220 g/mol. The molecule has 0 N–H and O–H groups in total. The number of alkyl halides is 3. The molecule has 0 bridgehead atoms. The summed E-state index contributed by atoms with van der Waals surface area (Å²) < 4.78 is 41.5. The SMILES string of the molecule is CN1CCC[C@@H]1c1cc(C(F)(F)F)no1. The van der Waals surface area contributed by atoms with E-state index in [1.165, 1.54) is 0 Å². The summed E-state index contributed by atoms with van der Waals surface area (Å²) in [5.74, 6) is 0.308. The van der Waals surface area contributed by atoms with Crippen molar-refractivity contribution in [2.75, 3.05) is 13.6 Å². The number of nitrogens with zero attached hydrogens (tertiary/aromatic N) is 2. The van der Waals surface area contributed by atoms with Crippen molar-refractivity contribution < 1.29 is 17.7 Å². The van der Waals surface area contributed by atoms with Gasteiger partial charge in [-0.3, -0.25) is 4.90 Å². The van der Waals surface area contributed by atoms with Crippen molar-refractivity contribution in [2.24, 2.45) is 0 Å². The van der Waals surface area contributed by atoms with Crippen molar-refractivity contribution in [1.82, 2.24) is 10.1 Å². The summed E-state index contributed by atoms with van der Waals surface area (Å²) in [6, 6.07) is 0.931. The van der Waals surface area contributed by atoms with Gasteiger partial charge in [-0.05, 0) is 26.4 Å². The molecule has 0 radical (unpaired) electrons. The minimum Gasteiger partial charge on any atom is -0.359 e. The Labute approximate surface area is 84.8 Å². The highest BCUT2D eigenvalue weighted by Gasteiger charge is 2.37. The molecular formula is C9H11F3N2O. The lowest BCUT2D eigenvalue weighted by atomic mass is 10.1. The zero-order valence-corrected chi connectivity index (χ0v) is 8.21. The normalized spacial score (nSPS) is 23.6. The number of likely N-dealkylation sites (tertiary alicyclic amines) is 1. The van der Waals surface area contributed by atoms with Crippen LogP contribution in [0.3, 0.4) is 0 Å². The molecule has 2 heterocycles. The van der Waals surface area contributed by atoms with Crippen LogP contribution >= 0.6 is 0 Å². The second-order valence-electron chi connectivity index (χ2n) is 3.75. The van der Waals surface area contributed by atoms with Gasteiger partial charge in [0.05, 0.1) is 6.04 Å². The number of rotatable bonds is 1. The van der Waals surface area contributed by atoms with Crippen LogP contribution in [0.5, 0.6) is 0 Å². The molecule has 0 aliphatic carbocycles. The fourth-order valence-corrected chi connectivity index (χ4v) is 1.85. The lowest BCUT2D eigenvalue weighted by Crippen LogP contribution is -2.16. The molecule has 3 nitrogen and oxygen atoms in total. The minimum atomic E-state index is -4.42. The van der Waals surface area contributed by atoms with E-state index in [4.69, 9.17) is 4.52 Å². The summed E-state index contributed by atoms with van der Waals surface area (Å²) in [5, 5.41) is 3.04. The molecule has 84 valence electrons. The largest absolute Gasteiger partial charge is 0.436 e. The zero-order valence-electron chi connectivity index (χ0n) is 8.21. The standard InChI is InChI=1S/C9H11F3N2O/c1-14-4-2-3-6(14)7-5-8(13-15-7)9(10,11)12/h5-6H,2-4H2,1H3/t6-/m1/s1. The average Bonchev–Trinajstić information content (AvgIpc) is 2.69. The van der Waals surface area contributed by atoms with E-state index in [0.717, 1.165) is 25.5 Å². The van der Waals surface area contributed by atoms with Gasteiger partial charge in [0.25, 0.3) is 0 Å². The van der Waals surface area contributed by atoms with Gasteiger partial charge in [0, 0.05) is 6.07 Å². The van der Waals surface area contributed by atoms with E-state index in [1.807, 2.05) is 11.9 Å². The van der Waals surface area contributed by atoms with Crippen LogP contribution in [0.25, 0.3) is 0 Å². The molecule has 1 saturated heterocycles. The van der Waals surface area contributed by atoms with Crippen molar-refractivity contribution in [3.63, 3.8) is 0 Å². The van der Waals surface area contributed by atoms with Crippen molar-refractivity contribution in [2.45, 2.75) is 25.1 Å². The quantitative estimate of drug-likeness (QED) is 0.728. The van der Waals surface area contributed by atoms with Gasteiger partial charge < -0.3 is 4.52 Å². The fourth-order valence-electron chi connectivity index (χ4n) is 1.85. The molecule has 6 heteroatoms. The predicted octanol–water partition coefficient (Wildman–Crippen LogP) is 2.46. The molecule has 0 saturated carbocycles. The minimum absolute atomic E-state index is 0.0615. The van der Waals surface area contributed by atoms with E-state index in [0.29, 0.717) is 5.76 Å². The van der Waals surface area contributed by atoms with E-state index in [-0.39, 0.29) is 6.04 Å². The first kappa shape index (κ1) is 10.5. The highest BCUT2D eigenvalue weighted by atomic mass is 19.4. The number of hydrogen-bond acceptors (Lipinski definition) is 3. The molecule has 1 aliphatic heterocycles. The van der Waals surface area contributed by atoms with Gasteiger partial charge in [0.1, 0.15) is 0 Å². The van der Waals surface area contributed by atoms with Gasteiger partial charge in [-0.25, -0.2) is 0 Å². The lowest BCUT2D eigenvalue weighted by molar-refractivity contribution is -0.142. The van der Waals surface area contributed by atoms with Gasteiger partial charge in [-0.15, -0.1) is 0 Å². The van der Waals surface area contributed by atoms with Crippen molar-refractivity contribution in [3.8, 4) is 0 Å². The third-order valence-corrected chi connectivity index (χ3v) is 2.67. The third-order valence-electron chi connectivity index (χ3n) is 2.67. The Morgan fingerprint density at radius 2 is 2.27 bits per heavy atom. The molecule has 0 amide bonds. The van der Waals surface area contributed by atoms with Crippen LogP contribution < -0.4 is 0 Å². The Hall–Kier alpha value is -1.04. The van der Waals surface area contributed by atoms with E-state index in [2.05, 4.69) is 5.16 Å². The Kier molecular flexibility index (Phi) is 2.46. The Balaban J connectivity index is 2.20. The highest BCUT2D eigenvalue weighted by Crippen LogP contribution is 2.34. The van der Waals surface area contributed by atoms with Gasteiger partial charge in [-0.2, -0.15) is 13.2 Å². The number of hydrogen-bond donors (Lipinski definition) is 0. The molecule has 0 aromatic carbocycles. The molecule has 1 aromatic rings. The van der Waals surface area contributed by atoms with Crippen LogP contribution in [0.2, 0.25) is 0 Å². The summed E-state index contributed by atoms with van der Waals surface area (Å²) in [7, 11) is 1.87. The average molecular weight is 220 g/mol. The number of aromatic nitrogens is 1. The van der Waals surface area contributed by atoms with E-state index in [1.54, 1.807) is 0 Å². The van der Waals surface area contributed by atoms with Crippen LogP contribution in [0.15, 0.2) is 10.6 Å². The topological polar surface area (TPSA) is 29.3 Å². The van der Waals surface area contributed by atoms with Crippen LogP contribution in [0.4, 0.5) is 13.2 Å². The molecule has 1 aliphatic rings. The highest BCUT2D eigenvalue weighted by molar-refractivity contribution is 5.13. The van der Waals surface area contributed by atoms with Gasteiger partial charge in [0.15, 0.2) is 11.5 Å². The van der Waals surface area contributed by atoms with Gasteiger partial charge in [0.2, 0.25) is 0 Å². The second-order valence-corrected chi connectivity index (χ2v) is 3.75. The fraction of sp³-hybridized carbons (Fsp3) is 0.667. The smallest absolute Gasteiger partial charge is 0.359 e. The van der Waals surface area contributed by atoms with E-state index < -0.39 is 11.9 Å². The first-order chi connectivity index (χ1) is 6.98. The van der Waals surface area contributed by atoms with Gasteiger partial charge >= 0.3 is 6.18 Å². The van der Waals surface area contributed by atoms with E-state index >= 15 is 0 Å². The lowest BCUT2D eigenvalue weighted by Gasteiger charge is -2.15. The first-order valence-corrected chi connectivity index (χ1v) is 4.72. The van der Waals surface area contributed by atoms with Crippen molar-refractivity contribution in [1.29, 1.82) is 0 Å². The van der Waals surface area contributed by atoms with Crippen molar-refractivity contribution in [3.05, 3.63) is 17.5 Å². The Bertz CT molecular complexity index is 347. The molecule has 2 rings (SSSR count). The Morgan fingerprint density at radius 1 is 1.53 bits per heavy atom. The van der Waals surface area contributed by atoms with Crippen LogP contribution in [0, 0.1) is 0 Å². The molecule has 0 unspecified atom stereocenters. The summed E-state index contributed by atoms with van der Waals surface area (Å²) in [6.07, 6.45) is -2.62. The number of halogens is 3. The molecule has 0 spiro atoms. The maximum absolute atomic E-state index is 12.2. The molecule has 1 atom stereocenters. The molecule has 1 fully saturated rings. The maximum atomic E-state index is 12.2. The van der Waals surface area contributed by atoms with Crippen LogP contribution in [-0.2, 0) is 6.18 Å². The Morgan fingerprint density at radius 3 is 2.73 bits per heavy atom. The third kappa shape index (κ3) is 1.99. The maximum Gasteiger partial charge on any atom is 0.436 e. The van der Waals surface area contributed by atoms with Crippen molar-refractivity contribution >= 4 is 0 Å².